The zero-order valence-electron chi connectivity index (χ0n) is 25.8. The first kappa shape index (κ1) is 31.7. The molecule has 44 heavy (non-hydrogen) atoms. The Labute approximate surface area is 261 Å². The van der Waals surface area contributed by atoms with E-state index in [9.17, 15) is 19.5 Å². The molecule has 0 aromatic heterocycles. The van der Waals surface area contributed by atoms with Crippen molar-refractivity contribution in [3.63, 3.8) is 0 Å². The molecule has 5 rings (SSSR count). The van der Waals surface area contributed by atoms with E-state index in [2.05, 4.69) is 13.2 Å². The summed E-state index contributed by atoms with van der Waals surface area (Å²) >= 11 is 0. The number of unbranched alkanes of at least 4 members (excludes halogenated alkanes) is 2. The molecule has 5 atom stereocenters. The lowest BCUT2D eigenvalue weighted by molar-refractivity contribution is -0.154. The molecule has 3 saturated heterocycles. The third-order valence-electron chi connectivity index (χ3n) is 9.59. The van der Waals surface area contributed by atoms with Gasteiger partial charge in [0.25, 0.3) is 0 Å². The van der Waals surface area contributed by atoms with Crippen molar-refractivity contribution in [2.45, 2.75) is 69.4 Å². The number of hydrogen-bond acceptors (Lipinski definition) is 5. The highest BCUT2D eigenvalue weighted by Crippen LogP contribution is 2.63. The summed E-state index contributed by atoms with van der Waals surface area (Å²) < 4.78 is 6.87. The molecule has 2 aromatic rings. The molecule has 0 aliphatic carbocycles. The van der Waals surface area contributed by atoms with Crippen molar-refractivity contribution in [1.29, 1.82) is 0 Å². The molecule has 1 N–H and O–H groups in total. The summed E-state index contributed by atoms with van der Waals surface area (Å²) in [6.07, 6.45) is 6.52. The van der Waals surface area contributed by atoms with Gasteiger partial charge in [-0.05, 0) is 50.2 Å². The van der Waals surface area contributed by atoms with Gasteiger partial charge in [-0.2, -0.15) is 0 Å². The highest BCUT2D eigenvalue weighted by atomic mass is 16.5. The molecule has 3 aliphatic rings. The van der Waals surface area contributed by atoms with Gasteiger partial charge in [0.1, 0.15) is 11.6 Å². The molecule has 2 aromatic carbocycles. The number of nitrogens with zero attached hydrogens (tertiary/aromatic N) is 3. The Morgan fingerprint density at radius 3 is 2.02 bits per heavy atom. The first-order chi connectivity index (χ1) is 21.3. The lowest BCUT2D eigenvalue weighted by Crippen LogP contribution is -2.56. The number of carbonyl (C=O) groups is 3. The van der Waals surface area contributed by atoms with Crippen LogP contribution in [-0.4, -0.2) is 81.0 Å². The minimum Gasteiger partial charge on any atom is -0.396 e. The Morgan fingerprint density at radius 1 is 0.909 bits per heavy atom. The van der Waals surface area contributed by atoms with Gasteiger partial charge < -0.3 is 24.5 Å². The molecule has 8 nitrogen and oxygen atoms in total. The van der Waals surface area contributed by atoms with Crippen LogP contribution in [0.25, 0.3) is 0 Å². The molecule has 8 heteroatoms. The van der Waals surface area contributed by atoms with Crippen molar-refractivity contribution in [3.8, 4) is 0 Å². The van der Waals surface area contributed by atoms with Crippen LogP contribution in [0.1, 0.15) is 50.2 Å². The number of ether oxygens (including phenoxy) is 1. The van der Waals surface area contributed by atoms with Gasteiger partial charge in [-0.25, -0.2) is 0 Å². The van der Waals surface area contributed by atoms with Crippen LogP contribution < -0.4 is 0 Å². The maximum atomic E-state index is 14.6. The third kappa shape index (κ3) is 5.85. The number of rotatable bonds is 15. The monoisotopic (exact) mass is 599 g/mol. The van der Waals surface area contributed by atoms with Crippen LogP contribution in [0.15, 0.2) is 86.0 Å². The van der Waals surface area contributed by atoms with E-state index < -0.39 is 29.1 Å². The van der Waals surface area contributed by atoms with Crippen LogP contribution in [0.5, 0.6) is 0 Å². The van der Waals surface area contributed by atoms with E-state index in [1.54, 1.807) is 26.9 Å². The quantitative estimate of drug-likeness (QED) is 0.243. The van der Waals surface area contributed by atoms with E-state index in [1.165, 1.54) is 0 Å². The number of amides is 3. The van der Waals surface area contributed by atoms with E-state index in [-0.39, 0.29) is 24.3 Å². The van der Waals surface area contributed by atoms with Gasteiger partial charge in [-0.3, -0.25) is 14.4 Å². The normalized spacial score (nSPS) is 26.8. The molecule has 3 aliphatic heterocycles. The van der Waals surface area contributed by atoms with E-state index in [0.29, 0.717) is 58.4 Å². The van der Waals surface area contributed by atoms with Crippen LogP contribution >= 0.6 is 0 Å². The minimum absolute atomic E-state index is 0.0750. The fourth-order valence-electron chi connectivity index (χ4n) is 7.65. The van der Waals surface area contributed by atoms with Crippen LogP contribution in [0.2, 0.25) is 0 Å². The Morgan fingerprint density at radius 2 is 1.48 bits per heavy atom. The molecule has 2 bridgehead atoms. The van der Waals surface area contributed by atoms with Crippen molar-refractivity contribution < 1.29 is 24.2 Å². The van der Waals surface area contributed by atoms with Gasteiger partial charge in [-0.15, -0.1) is 13.2 Å². The molecule has 1 spiro atoms. The fraction of sp³-hybridized carbons (Fsp3) is 0.472. The van der Waals surface area contributed by atoms with Crippen LogP contribution in [-0.2, 0) is 32.2 Å². The molecule has 234 valence electrons. The van der Waals surface area contributed by atoms with E-state index in [1.807, 2.05) is 67.6 Å². The number of carbonyl (C=O) groups excluding carboxylic acids is 3. The molecule has 0 saturated carbocycles. The number of benzene rings is 2. The van der Waals surface area contributed by atoms with Crippen molar-refractivity contribution in [2.24, 2.45) is 11.8 Å². The number of aliphatic hydroxyl groups is 1. The topological polar surface area (TPSA) is 90.4 Å². The summed E-state index contributed by atoms with van der Waals surface area (Å²) in [6, 6.07) is 18.7. The Kier molecular flexibility index (Phi) is 9.71. The van der Waals surface area contributed by atoms with Crippen LogP contribution in [0.4, 0.5) is 0 Å². The average molecular weight is 600 g/mol. The van der Waals surface area contributed by atoms with Crippen molar-refractivity contribution in [3.05, 3.63) is 97.1 Å². The smallest absolute Gasteiger partial charge is 0.248 e. The molecule has 0 radical (unpaired) electrons. The Hall–Kier alpha value is -3.75. The largest absolute Gasteiger partial charge is 0.396 e. The zero-order valence-corrected chi connectivity index (χ0v) is 25.8. The van der Waals surface area contributed by atoms with E-state index >= 15 is 0 Å². The second-order valence-corrected chi connectivity index (χ2v) is 12.5. The minimum atomic E-state index is -1.09. The summed E-state index contributed by atoms with van der Waals surface area (Å²) in [5.74, 6) is -1.99. The number of aliphatic hydroxyl groups excluding tert-OH is 1. The highest BCUT2D eigenvalue weighted by Gasteiger charge is 2.78. The lowest BCUT2D eigenvalue weighted by Gasteiger charge is -2.37. The highest BCUT2D eigenvalue weighted by molar-refractivity contribution is 5.99. The molecular weight excluding hydrogens is 554 g/mol. The van der Waals surface area contributed by atoms with Gasteiger partial charge in [0.2, 0.25) is 17.7 Å². The molecule has 2 unspecified atom stereocenters. The summed E-state index contributed by atoms with van der Waals surface area (Å²) in [7, 11) is 0. The second kappa shape index (κ2) is 13.5. The van der Waals surface area contributed by atoms with Gasteiger partial charge in [0.15, 0.2) is 0 Å². The lowest BCUT2D eigenvalue weighted by atomic mass is 9.66. The first-order valence-corrected chi connectivity index (χ1v) is 15.8. The number of hydrogen-bond donors (Lipinski definition) is 1. The van der Waals surface area contributed by atoms with Crippen LogP contribution in [0, 0.1) is 11.8 Å². The average Bonchev–Trinajstić information content (AvgIpc) is 3.59. The summed E-state index contributed by atoms with van der Waals surface area (Å²) in [5.41, 5.74) is 0.0119. The summed E-state index contributed by atoms with van der Waals surface area (Å²) in [6.45, 7) is 11.6. The van der Waals surface area contributed by atoms with E-state index in [4.69, 9.17) is 4.74 Å². The second-order valence-electron chi connectivity index (χ2n) is 12.5. The zero-order chi connectivity index (χ0) is 31.3. The number of likely N-dealkylation sites (tertiary alicyclic amines) is 1. The SMILES string of the molecule is C=CCN(Cc1ccccc1)C(=O)C1N(CCCCCO)C(=O)[C@@H]2[C@H](C(=O)N(CC=C)Cc3ccccc3)[C@]3(C)CCC12O3. The third-order valence-corrected chi connectivity index (χ3v) is 9.59. The first-order valence-electron chi connectivity index (χ1n) is 15.8. The Bertz CT molecular complexity index is 1350. The van der Waals surface area contributed by atoms with Gasteiger partial charge in [0, 0.05) is 39.3 Å². The number of fused-ring (bicyclic) bond motifs is 1. The Balaban J connectivity index is 1.51. The van der Waals surface area contributed by atoms with Crippen molar-refractivity contribution >= 4 is 17.7 Å². The summed E-state index contributed by atoms with van der Waals surface area (Å²) in [5, 5.41) is 9.34. The fourth-order valence-corrected chi connectivity index (χ4v) is 7.65. The molecule has 3 fully saturated rings. The summed E-state index contributed by atoms with van der Waals surface area (Å²) in [4.78, 5) is 48.8. The van der Waals surface area contributed by atoms with Gasteiger partial charge >= 0.3 is 0 Å². The molecule has 3 amide bonds. The molecular formula is C36H45N3O5. The van der Waals surface area contributed by atoms with Gasteiger partial charge in [0.05, 0.1) is 17.4 Å². The van der Waals surface area contributed by atoms with Crippen LogP contribution in [0.3, 0.4) is 0 Å². The predicted octanol–water partition coefficient (Wildman–Crippen LogP) is 4.34. The van der Waals surface area contributed by atoms with Crippen molar-refractivity contribution in [1.82, 2.24) is 14.7 Å². The molecule has 3 heterocycles. The predicted molar refractivity (Wildman–Crippen MR) is 169 cm³/mol. The maximum absolute atomic E-state index is 14.6. The standard InChI is InChI=1S/C36H45N3O5/c1-4-21-37(25-27-15-9-6-10-16-27)32(41)29-30-33(42)39(23-13-8-14-24-40)31(36(30)20-19-35(29,3)44-36)34(43)38(22-5-2)26-28-17-11-7-12-18-28/h4-7,9-12,15-18,29-31,40H,1-2,8,13-14,19-26H2,3H3/t29-,30+,31?,35+,36?/m1/s1. The van der Waals surface area contributed by atoms with Crippen molar-refractivity contribution in [2.75, 3.05) is 26.2 Å². The van der Waals surface area contributed by atoms with Gasteiger partial charge in [-0.1, -0.05) is 72.8 Å². The van der Waals surface area contributed by atoms with E-state index in [0.717, 1.165) is 17.5 Å². The maximum Gasteiger partial charge on any atom is 0.248 e.